The minimum Gasteiger partial charge on any atom is -0.391 e. The lowest BCUT2D eigenvalue weighted by Gasteiger charge is -2.13. The molecular formula is C9H19NO3. The molecule has 0 aromatic heterocycles. The summed E-state index contributed by atoms with van der Waals surface area (Å²) in [6, 6.07) is 0. The SMILES string of the molecule is CC.COCC(=O)N1CCC(O)C1. The van der Waals surface area contributed by atoms with Gasteiger partial charge in [0.2, 0.25) is 5.91 Å². The summed E-state index contributed by atoms with van der Waals surface area (Å²) in [4.78, 5) is 12.7. The number of hydrogen-bond acceptors (Lipinski definition) is 3. The molecule has 4 nitrogen and oxygen atoms in total. The quantitative estimate of drug-likeness (QED) is 0.677. The normalized spacial score (nSPS) is 20.9. The van der Waals surface area contributed by atoms with Crippen LogP contribution in [-0.2, 0) is 9.53 Å². The van der Waals surface area contributed by atoms with Crippen molar-refractivity contribution in [2.45, 2.75) is 26.4 Å². The van der Waals surface area contributed by atoms with Gasteiger partial charge >= 0.3 is 0 Å². The lowest BCUT2D eigenvalue weighted by Crippen LogP contribution is -2.32. The number of methoxy groups -OCH3 is 1. The monoisotopic (exact) mass is 189 g/mol. The molecular weight excluding hydrogens is 170 g/mol. The highest BCUT2D eigenvalue weighted by Gasteiger charge is 2.23. The number of carbonyl (C=O) groups excluding carboxylic acids is 1. The Balaban J connectivity index is 0.000000671. The Bertz CT molecular complexity index is 150. The van der Waals surface area contributed by atoms with Crippen molar-refractivity contribution in [2.75, 3.05) is 26.8 Å². The van der Waals surface area contributed by atoms with E-state index in [0.717, 1.165) is 0 Å². The van der Waals surface area contributed by atoms with Gasteiger partial charge in [-0.25, -0.2) is 0 Å². The average molecular weight is 189 g/mol. The van der Waals surface area contributed by atoms with Crippen molar-refractivity contribution in [3.8, 4) is 0 Å². The molecule has 1 saturated heterocycles. The van der Waals surface area contributed by atoms with E-state index in [1.54, 1.807) is 4.90 Å². The summed E-state index contributed by atoms with van der Waals surface area (Å²) in [5.74, 6) is -0.0379. The topological polar surface area (TPSA) is 49.8 Å². The molecule has 4 heteroatoms. The van der Waals surface area contributed by atoms with Crippen LogP contribution in [0.4, 0.5) is 0 Å². The molecule has 1 atom stereocenters. The summed E-state index contributed by atoms with van der Waals surface area (Å²) in [6.45, 7) is 5.23. The van der Waals surface area contributed by atoms with Crippen molar-refractivity contribution in [3.05, 3.63) is 0 Å². The molecule has 1 aliphatic rings. The summed E-state index contributed by atoms with van der Waals surface area (Å²) < 4.78 is 4.68. The van der Waals surface area contributed by atoms with E-state index in [4.69, 9.17) is 5.11 Å². The first-order chi connectivity index (χ1) is 6.24. The molecule has 1 N–H and O–H groups in total. The summed E-state index contributed by atoms with van der Waals surface area (Å²) in [5, 5.41) is 9.08. The van der Waals surface area contributed by atoms with Gasteiger partial charge < -0.3 is 14.7 Å². The number of amides is 1. The average Bonchev–Trinajstić information content (AvgIpc) is 2.56. The zero-order valence-electron chi connectivity index (χ0n) is 8.62. The Morgan fingerprint density at radius 3 is 2.62 bits per heavy atom. The van der Waals surface area contributed by atoms with E-state index in [1.807, 2.05) is 13.8 Å². The van der Waals surface area contributed by atoms with Gasteiger partial charge in [-0.1, -0.05) is 13.8 Å². The molecule has 0 saturated carbocycles. The number of aliphatic hydroxyl groups excluding tert-OH is 1. The molecule has 0 aromatic rings. The van der Waals surface area contributed by atoms with E-state index in [2.05, 4.69) is 4.74 Å². The van der Waals surface area contributed by atoms with Crippen molar-refractivity contribution in [2.24, 2.45) is 0 Å². The van der Waals surface area contributed by atoms with Gasteiger partial charge in [-0.3, -0.25) is 4.79 Å². The van der Waals surface area contributed by atoms with Gasteiger partial charge in [-0.05, 0) is 6.42 Å². The van der Waals surface area contributed by atoms with Crippen molar-refractivity contribution < 1.29 is 14.6 Å². The molecule has 1 unspecified atom stereocenters. The van der Waals surface area contributed by atoms with Gasteiger partial charge in [0.25, 0.3) is 0 Å². The number of carbonyl (C=O) groups is 1. The summed E-state index contributed by atoms with van der Waals surface area (Å²) in [7, 11) is 1.49. The van der Waals surface area contributed by atoms with Gasteiger partial charge in [0.1, 0.15) is 6.61 Å². The largest absolute Gasteiger partial charge is 0.391 e. The van der Waals surface area contributed by atoms with Crippen LogP contribution >= 0.6 is 0 Å². The summed E-state index contributed by atoms with van der Waals surface area (Å²) in [6.07, 6.45) is 0.353. The maximum absolute atomic E-state index is 11.1. The zero-order chi connectivity index (χ0) is 10.3. The van der Waals surface area contributed by atoms with E-state index >= 15 is 0 Å². The molecule has 1 rings (SSSR count). The third-order valence-corrected chi connectivity index (χ3v) is 1.78. The number of nitrogens with zero attached hydrogens (tertiary/aromatic N) is 1. The fourth-order valence-electron chi connectivity index (χ4n) is 1.18. The van der Waals surface area contributed by atoms with Crippen molar-refractivity contribution in [1.29, 1.82) is 0 Å². The Morgan fingerprint density at radius 2 is 2.23 bits per heavy atom. The predicted octanol–water partition coefficient (Wildman–Crippen LogP) is 0.252. The number of likely N-dealkylation sites (tertiary alicyclic amines) is 1. The summed E-state index contributed by atoms with van der Waals surface area (Å²) >= 11 is 0. The van der Waals surface area contributed by atoms with Gasteiger partial charge in [-0.2, -0.15) is 0 Å². The van der Waals surface area contributed by atoms with E-state index in [1.165, 1.54) is 7.11 Å². The van der Waals surface area contributed by atoms with Crippen LogP contribution in [0, 0.1) is 0 Å². The fourth-order valence-corrected chi connectivity index (χ4v) is 1.18. The molecule has 1 fully saturated rings. The second-order valence-electron chi connectivity index (χ2n) is 2.72. The molecule has 0 spiro atoms. The molecule has 1 amide bonds. The molecule has 78 valence electrons. The highest BCUT2D eigenvalue weighted by molar-refractivity contribution is 5.77. The van der Waals surface area contributed by atoms with Crippen LogP contribution in [0.5, 0.6) is 0 Å². The third kappa shape index (κ3) is 4.24. The number of rotatable bonds is 2. The van der Waals surface area contributed by atoms with Crippen molar-refractivity contribution >= 4 is 5.91 Å². The third-order valence-electron chi connectivity index (χ3n) is 1.78. The number of ether oxygens (including phenoxy) is 1. The number of β-amino-alcohol motifs (C(OH)–C–C–N with tert-alkyl or cyclic N) is 1. The van der Waals surface area contributed by atoms with Crippen molar-refractivity contribution in [1.82, 2.24) is 4.90 Å². The van der Waals surface area contributed by atoms with Crippen LogP contribution in [0.25, 0.3) is 0 Å². The second-order valence-corrected chi connectivity index (χ2v) is 2.72. The van der Waals surface area contributed by atoms with E-state index < -0.39 is 0 Å². The first-order valence-corrected chi connectivity index (χ1v) is 4.69. The maximum atomic E-state index is 11.1. The van der Waals surface area contributed by atoms with Crippen LogP contribution in [0.3, 0.4) is 0 Å². The molecule has 13 heavy (non-hydrogen) atoms. The van der Waals surface area contributed by atoms with Gasteiger partial charge in [0.05, 0.1) is 6.10 Å². The standard InChI is InChI=1S/C7H13NO3.C2H6/c1-11-5-7(10)8-3-2-6(9)4-8;1-2/h6,9H,2-5H2,1H3;1-2H3. The number of aliphatic hydroxyl groups is 1. The Morgan fingerprint density at radius 1 is 1.62 bits per heavy atom. The van der Waals surface area contributed by atoms with Crippen LogP contribution in [-0.4, -0.2) is 48.8 Å². The first-order valence-electron chi connectivity index (χ1n) is 4.69. The zero-order valence-corrected chi connectivity index (χ0v) is 8.62. The minimum absolute atomic E-state index is 0.0379. The maximum Gasteiger partial charge on any atom is 0.248 e. The smallest absolute Gasteiger partial charge is 0.248 e. The highest BCUT2D eigenvalue weighted by atomic mass is 16.5. The van der Waals surface area contributed by atoms with Crippen LogP contribution in [0.2, 0.25) is 0 Å². The number of hydrogen-bond donors (Lipinski definition) is 1. The van der Waals surface area contributed by atoms with E-state index in [9.17, 15) is 4.79 Å². The lowest BCUT2D eigenvalue weighted by molar-refractivity contribution is -0.134. The summed E-state index contributed by atoms with van der Waals surface area (Å²) in [5.41, 5.74) is 0. The second kappa shape index (κ2) is 6.86. The van der Waals surface area contributed by atoms with Gasteiger partial charge in [0, 0.05) is 20.2 Å². The van der Waals surface area contributed by atoms with E-state index in [0.29, 0.717) is 19.5 Å². The van der Waals surface area contributed by atoms with Crippen molar-refractivity contribution in [3.63, 3.8) is 0 Å². The van der Waals surface area contributed by atoms with Gasteiger partial charge in [0.15, 0.2) is 0 Å². The Hall–Kier alpha value is -0.610. The predicted molar refractivity (Wildman–Crippen MR) is 50.4 cm³/mol. The Labute approximate surface area is 79.5 Å². The van der Waals surface area contributed by atoms with E-state index in [-0.39, 0.29) is 18.6 Å². The molecule has 0 bridgehead atoms. The lowest BCUT2D eigenvalue weighted by atomic mass is 10.3. The van der Waals surface area contributed by atoms with Gasteiger partial charge in [-0.15, -0.1) is 0 Å². The fraction of sp³-hybridized carbons (Fsp3) is 0.889. The van der Waals surface area contributed by atoms with Crippen LogP contribution in [0.1, 0.15) is 20.3 Å². The highest BCUT2D eigenvalue weighted by Crippen LogP contribution is 2.08. The Kier molecular flexibility index (Phi) is 6.54. The van der Waals surface area contributed by atoms with Crippen LogP contribution < -0.4 is 0 Å². The molecule has 1 heterocycles. The minimum atomic E-state index is -0.337. The molecule has 1 aliphatic heterocycles. The molecule has 0 radical (unpaired) electrons. The first kappa shape index (κ1) is 12.4. The van der Waals surface area contributed by atoms with Crippen LogP contribution in [0.15, 0.2) is 0 Å². The molecule has 0 aromatic carbocycles. The molecule has 0 aliphatic carbocycles.